The molecule has 2 nitrogen and oxygen atoms in total. The lowest BCUT2D eigenvalue weighted by Crippen LogP contribution is -2.14. The summed E-state index contributed by atoms with van der Waals surface area (Å²) in [7, 11) is 0. The average Bonchev–Trinajstić information content (AvgIpc) is 3.21. The largest absolute Gasteiger partial charge is 0.309 e. The van der Waals surface area contributed by atoms with Crippen molar-refractivity contribution in [3.05, 3.63) is 34.8 Å². The zero-order valence-corrected chi connectivity index (χ0v) is 13.6. The van der Waals surface area contributed by atoms with Gasteiger partial charge in [-0.2, -0.15) is 0 Å². The van der Waals surface area contributed by atoms with E-state index in [1.165, 1.54) is 33.9 Å². The zero-order valence-electron chi connectivity index (χ0n) is 12.0. The van der Waals surface area contributed by atoms with Crippen LogP contribution >= 0.6 is 23.1 Å². The summed E-state index contributed by atoms with van der Waals surface area (Å²) in [4.78, 5) is 7.43. The smallest absolute Gasteiger partial charge is 0.123 e. The Morgan fingerprint density at radius 3 is 2.70 bits per heavy atom. The number of thiazole rings is 1. The summed E-state index contributed by atoms with van der Waals surface area (Å²) in [6.07, 6.45) is 2.67. The number of benzene rings is 1. The van der Waals surface area contributed by atoms with E-state index < -0.39 is 0 Å². The number of nitrogens with zero attached hydrogens (tertiary/aromatic N) is 1. The molecular formula is C16H20N2S2. The van der Waals surface area contributed by atoms with Gasteiger partial charge < -0.3 is 5.32 Å². The number of nitrogens with one attached hydrogen (secondary N) is 1. The number of aromatic nitrogens is 1. The normalized spacial score (nSPS) is 14.7. The predicted octanol–water partition coefficient (Wildman–Crippen LogP) is 4.48. The van der Waals surface area contributed by atoms with Crippen molar-refractivity contribution in [3.8, 4) is 10.6 Å². The summed E-state index contributed by atoms with van der Waals surface area (Å²) in [6.45, 7) is 5.27. The summed E-state index contributed by atoms with van der Waals surface area (Å²) in [6, 6.07) is 9.53. The van der Waals surface area contributed by atoms with Crippen LogP contribution in [-0.2, 0) is 6.54 Å². The van der Waals surface area contributed by atoms with Gasteiger partial charge in [0.15, 0.2) is 0 Å². The molecule has 20 heavy (non-hydrogen) atoms. The van der Waals surface area contributed by atoms with Crippen LogP contribution in [0.5, 0.6) is 0 Å². The molecule has 0 spiro atoms. The van der Waals surface area contributed by atoms with E-state index in [9.17, 15) is 0 Å². The van der Waals surface area contributed by atoms with Gasteiger partial charge in [-0.15, -0.1) is 23.1 Å². The van der Waals surface area contributed by atoms with Crippen molar-refractivity contribution in [2.24, 2.45) is 0 Å². The molecule has 2 aromatic rings. The van der Waals surface area contributed by atoms with Crippen molar-refractivity contribution in [2.75, 3.05) is 5.75 Å². The fourth-order valence-electron chi connectivity index (χ4n) is 2.10. The number of hydrogen-bond donors (Lipinski definition) is 1. The van der Waals surface area contributed by atoms with Crippen LogP contribution in [0, 0.1) is 6.92 Å². The second kappa shape index (κ2) is 6.29. The number of thioether (sulfide) groups is 1. The second-order valence-electron chi connectivity index (χ2n) is 5.14. The van der Waals surface area contributed by atoms with Crippen molar-refractivity contribution >= 4 is 23.1 Å². The van der Waals surface area contributed by atoms with Gasteiger partial charge in [0.2, 0.25) is 0 Å². The highest BCUT2D eigenvalue weighted by molar-refractivity contribution is 7.99. The molecule has 0 atom stereocenters. The van der Waals surface area contributed by atoms with Crippen molar-refractivity contribution in [1.82, 2.24) is 10.3 Å². The van der Waals surface area contributed by atoms with Gasteiger partial charge in [0, 0.05) is 27.9 Å². The van der Waals surface area contributed by atoms with E-state index in [4.69, 9.17) is 4.98 Å². The third kappa shape index (κ3) is 3.43. The molecule has 1 heterocycles. The Balaban J connectivity index is 1.73. The molecule has 1 saturated carbocycles. The molecule has 0 aliphatic heterocycles. The molecule has 1 aliphatic rings. The number of hydrogen-bond acceptors (Lipinski definition) is 4. The minimum absolute atomic E-state index is 0.755. The lowest BCUT2D eigenvalue weighted by atomic mass is 10.2. The Kier molecular flexibility index (Phi) is 4.44. The molecule has 0 radical (unpaired) electrons. The van der Waals surface area contributed by atoms with E-state index in [1.54, 1.807) is 0 Å². The maximum absolute atomic E-state index is 4.73. The predicted molar refractivity (Wildman–Crippen MR) is 88.5 cm³/mol. The van der Waals surface area contributed by atoms with Gasteiger partial charge in [0.05, 0.1) is 5.69 Å². The van der Waals surface area contributed by atoms with Crippen molar-refractivity contribution in [2.45, 2.75) is 44.2 Å². The first kappa shape index (κ1) is 14.1. The van der Waals surface area contributed by atoms with Crippen LogP contribution in [0.2, 0.25) is 0 Å². The minimum atomic E-state index is 0.755. The molecule has 1 N–H and O–H groups in total. The highest BCUT2D eigenvalue weighted by Crippen LogP contribution is 2.30. The Hall–Kier alpha value is -0.840. The van der Waals surface area contributed by atoms with Crippen LogP contribution in [0.1, 0.15) is 30.3 Å². The third-order valence-electron chi connectivity index (χ3n) is 3.43. The first-order valence-corrected chi connectivity index (χ1v) is 8.99. The maximum atomic E-state index is 4.73. The Labute approximate surface area is 129 Å². The van der Waals surface area contributed by atoms with Crippen LogP contribution < -0.4 is 5.32 Å². The summed E-state index contributed by atoms with van der Waals surface area (Å²) in [5.74, 6) is 1.12. The summed E-state index contributed by atoms with van der Waals surface area (Å²) in [5.41, 5.74) is 2.40. The van der Waals surface area contributed by atoms with Gasteiger partial charge in [-0.05, 0) is 37.7 Å². The molecule has 1 fully saturated rings. The van der Waals surface area contributed by atoms with E-state index in [0.29, 0.717) is 0 Å². The fourth-order valence-corrected chi connectivity index (χ4v) is 3.78. The van der Waals surface area contributed by atoms with Crippen molar-refractivity contribution < 1.29 is 0 Å². The van der Waals surface area contributed by atoms with Gasteiger partial charge in [0.25, 0.3) is 0 Å². The molecule has 0 saturated heterocycles. The number of aryl methyl sites for hydroxylation is 1. The first-order valence-electron chi connectivity index (χ1n) is 7.19. The summed E-state index contributed by atoms with van der Waals surface area (Å²) >= 11 is 3.70. The van der Waals surface area contributed by atoms with Gasteiger partial charge >= 0.3 is 0 Å². The van der Waals surface area contributed by atoms with Crippen molar-refractivity contribution in [1.29, 1.82) is 0 Å². The number of rotatable bonds is 6. The van der Waals surface area contributed by atoms with Gasteiger partial charge in [-0.25, -0.2) is 4.98 Å². The first-order chi connectivity index (χ1) is 9.76. The van der Waals surface area contributed by atoms with E-state index in [-0.39, 0.29) is 0 Å². The SMILES string of the molecule is CCSc1ccc(-c2nc(C)c(CNC3CC3)s2)cc1. The van der Waals surface area contributed by atoms with Gasteiger partial charge in [-0.1, -0.05) is 19.1 Å². The molecule has 3 rings (SSSR count). The van der Waals surface area contributed by atoms with Crippen LogP contribution in [-0.4, -0.2) is 16.8 Å². The summed E-state index contributed by atoms with van der Waals surface area (Å²) in [5, 5.41) is 4.71. The standard InChI is InChI=1S/C16H20N2S2/c1-3-19-14-8-4-12(5-9-14)16-18-11(2)15(20-16)10-17-13-6-7-13/h4-5,8-9,13,17H,3,6-7,10H2,1-2H3. The Morgan fingerprint density at radius 1 is 1.30 bits per heavy atom. The van der Waals surface area contributed by atoms with Crippen LogP contribution in [0.3, 0.4) is 0 Å². The molecule has 106 valence electrons. The van der Waals surface area contributed by atoms with E-state index in [2.05, 4.69) is 43.4 Å². The minimum Gasteiger partial charge on any atom is -0.309 e. The molecule has 4 heteroatoms. The van der Waals surface area contributed by atoms with Gasteiger partial charge in [0.1, 0.15) is 5.01 Å². The molecule has 1 aromatic carbocycles. The molecule has 0 amide bonds. The topological polar surface area (TPSA) is 24.9 Å². The zero-order chi connectivity index (χ0) is 13.9. The lowest BCUT2D eigenvalue weighted by Gasteiger charge is -2.00. The Bertz CT molecular complexity index is 571. The monoisotopic (exact) mass is 304 g/mol. The molecule has 0 bridgehead atoms. The molecule has 1 aliphatic carbocycles. The molecule has 0 unspecified atom stereocenters. The highest BCUT2D eigenvalue weighted by Gasteiger charge is 2.21. The third-order valence-corrected chi connectivity index (χ3v) is 5.53. The van der Waals surface area contributed by atoms with E-state index >= 15 is 0 Å². The van der Waals surface area contributed by atoms with Crippen LogP contribution in [0.25, 0.3) is 10.6 Å². The van der Waals surface area contributed by atoms with Crippen LogP contribution in [0.15, 0.2) is 29.2 Å². The van der Waals surface area contributed by atoms with Gasteiger partial charge in [-0.3, -0.25) is 0 Å². The molecular weight excluding hydrogens is 284 g/mol. The van der Waals surface area contributed by atoms with E-state index in [1.807, 2.05) is 23.1 Å². The van der Waals surface area contributed by atoms with Crippen molar-refractivity contribution in [3.63, 3.8) is 0 Å². The van der Waals surface area contributed by atoms with E-state index in [0.717, 1.165) is 23.3 Å². The maximum Gasteiger partial charge on any atom is 0.123 e. The summed E-state index contributed by atoms with van der Waals surface area (Å²) < 4.78 is 0. The van der Waals surface area contributed by atoms with Crippen LogP contribution in [0.4, 0.5) is 0 Å². The lowest BCUT2D eigenvalue weighted by molar-refractivity contribution is 0.691. The fraction of sp³-hybridized carbons (Fsp3) is 0.438. The Morgan fingerprint density at radius 2 is 2.05 bits per heavy atom. The average molecular weight is 304 g/mol. The quantitative estimate of drug-likeness (QED) is 0.796. The second-order valence-corrected chi connectivity index (χ2v) is 7.56. The molecule has 1 aromatic heterocycles. The highest BCUT2D eigenvalue weighted by atomic mass is 32.2.